The lowest BCUT2D eigenvalue weighted by Gasteiger charge is -2.06. The predicted octanol–water partition coefficient (Wildman–Crippen LogP) is 1.83. The molecule has 15 heavy (non-hydrogen) atoms. The van der Waals surface area contributed by atoms with Crippen LogP contribution in [0.4, 0.5) is 4.39 Å². The van der Waals surface area contributed by atoms with Crippen molar-refractivity contribution >= 4 is 10.9 Å². The average molecular weight is 207 g/mol. The Labute approximate surface area is 87.7 Å². The quantitative estimate of drug-likeness (QED) is 0.816. The van der Waals surface area contributed by atoms with Gasteiger partial charge in [-0.1, -0.05) is 12.1 Å². The van der Waals surface area contributed by atoms with Crippen LogP contribution in [0.25, 0.3) is 10.9 Å². The number of benzene rings is 1. The fourth-order valence-corrected chi connectivity index (χ4v) is 1.76. The van der Waals surface area contributed by atoms with Crippen LogP contribution in [0.1, 0.15) is 12.6 Å². The number of para-hydroxylation sites is 1. The SMILES string of the molecule is Cc1nn(CC(C)N)c2c(F)cccc12. The first kappa shape index (κ1) is 10.1. The minimum Gasteiger partial charge on any atom is -0.326 e. The van der Waals surface area contributed by atoms with Gasteiger partial charge in [-0.3, -0.25) is 4.68 Å². The highest BCUT2D eigenvalue weighted by Crippen LogP contribution is 2.20. The summed E-state index contributed by atoms with van der Waals surface area (Å²) in [4.78, 5) is 0. The zero-order valence-electron chi connectivity index (χ0n) is 8.87. The lowest BCUT2D eigenvalue weighted by molar-refractivity contribution is 0.537. The molecular formula is C11H14FN3. The molecule has 1 atom stereocenters. The van der Waals surface area contributed by atoms with Crippen molar-refractivity contribution in [1.82, 2.24) is 9.78 Å². The van der Waals surface area contributed by atoms with Gasteiger partial charge >= 0.3 is 0 Å². The lowest BCUT2D eigenvalue weighted by Crippen LogP contribution is -2.23. The highest BCUT2D eigenvalue weighted by Gasteiger charge is 2.11. The molecule has 2 N–H and O–H groups in total. The van der Waals surface area contributed by atoms with Gasteiger partial charge in [0, 0.05) is 11.4 Å². The number of rotatable bonds is 2. The van der Waals surface area contributed by atoms with E-state index in [0.717, 1.165) is 11.1 Å². The predicted molar refractivity (Wildman–Crippen MR) is 58.1 cm³/mol. The molecule has 0 aliphatic carbocycles. The monoisotopic (exact) mass is 207 g/mol. The van der Waals surface area contributed by atoms with E-state index in [1.54, 1.807) is 10.7 Å². The maximum atomic E-state index is 13.6. The Hall–Kier alpha value is -1.42. The van der Waals surface area contributed by atoms with Gasteiger partial charge in [-0.15, -0.1) is 0 Å². The minimum absolute atomic E-state index is 0.0351. The van der Waals surface area contributed by atoms with E-state index in [-0.39, 0.29) is 11.9 Å². The Balaban J connectivity index is 2.65. The van der Waals surface area contributed by atoms with Gasteiger partial charge < -0.3 is 5.73 Å². The van der Waals surface area contributed by atoms with Crippen molar-refractivity contribution in [2.45, 2.75) is 26.4 Å². The van der Waals surface area contributed by atoms with Gasteiger partial charge in [-0.25, -0.2) is 4.39 Å². The fraction of sp³-hybridized carbons (Fsp3) is 0.364. The van der Waals surface area contributed by atoms with E-state index >= 15 is 0 Å². The molecule has 3 nitrogen and oxygen atoms in total. The molecule has 80 valence electrons. The summed E-state index contributed by atoms with van der Waals surface area (Å²) in [5.74, 6) is -0.242. The molecule has 1 aromatic carbocycles. The van der Waals surface area contributed by atoms with Crippen molar-refractivity contribution in [3.05, 3.63) is 29.7 Å². The molecule has 0 aliphatic rings. The molecule has 0 spiro atoms. The third-order valence-corrected chi connectivity index (χ3v) is 2.37. The standard InChI is InChI=1S/C11H14FN3/c1-7(13)6-15-11-9(8(2)14-15)4-3-5-10(11)12/h3-5,7H,6,13H2,1-2H3. The van der Waals surface area contributed by atoms with E-state index in [2.05, 4.69) is 5.10 Å². The first-order valence-corrected chi connectivity index (χ1v) is 4.97. The first-order chi connectivity index (χ1) is 7.09. The second-order valence-electron chi connectivity index (χ2n) is 3.88. The summed E-state index contributed by atoms with van der Waals surface area (Å²) >= 11 is 0. The van der Waals surface area contributed by atoms with Gasteiger partial charge in [0.15, 0.2) is 0 Å². The second kappa shape index (κ2) is 3.62. The number of hydrogen-bond acceptors (Lipinski definition) is 2. The summed E-state index contributed by atoms with van der Waals surface area (Å²) in [6, 6.07) is 4.98. The smallest absolute Gasteiger partial charge is 0.149 e. The largest absolute Gasteiger partial charge is 0.326 e. The number of nitrogens with zero attached hydrogens (tertiary/aromatic N) is 2. The average Bonchev–Trinajstić information content (AvgIpc) is 2.44. The van der Waals surface area contributed by atoms with Crippen molar-refractivity contribution in [3.63, 3.8) is 0 Å². The van der Waals surface area contributed by atoms with Crippen LogP contribution < -0.4 is 5.73 Å². The Kier molecular flexibility index (Phi) is 2.44. The Morgan fingerprint density at radius 1 is 1.53 bits per heavy atom. The number of halogens is 1. The number of fused-ring (bicyclic) bond motifs is 1. The molecular weight excluding hydrogens is 193 g/mol. The van der Waals surface area contributed by atoms with Crippen molar-refractivity contribution in [2.75, 3.05) is 0 Å². The summed E-state index contributed by atoms with van der Waals surface area (Å²) in [5.41, 5.74) is 7.08. The van der Waals surface area contributed by atoms with E-state index in [0.29, 0.717) is 12.1 Å². The van der Waals surface area contributed by atoms with E-state index in [1.165, 1.54) is 6.07 Å². The zero-order chi connectivity index (χ0) is 11.0. The van der Waals surface area contributed by atoms with Crippen LogP contribution in [0.3, 0.4) is 0 Å². The van der Waals surface area contributed by atoms with E-state index in [1.807, 2.05) is 19.9 Å². The highest BCUT2D eigenvalue weighted by atomic mass is 19.1. The minimum atomic E-state index is -0.242. The van der Waals surface area contributed by atoms with E-state index in [9.17, 15) is 4.39 Å². The number of nitrogens with two attached hydrogens (primary N) is 1. The third-order valence-electron chi connectivity index (χ3n) is 2.37. The third kappa shape index (κ3) is 1.72. The van der Waals surface area contributed by atoms with Crippen LogP contribution in [0.5, 0.6) is 0 Å². The van der Waals surface area contributed by atoms with Gasteiger partial charge in [-0.2, -0.15) is 5.10 Å². The summed E-state index contributed by atoms with van der Waals surface area (Å²) in [6.07, 6.45) is 0. The molecule has 4 heteroatoms. The van der Waals surface area contributed by atoms with Crippen LogP contribution in [0, 0.1) is 12.7 Å². The van der Waals surface area contributed by atoms with Crippen LogP contribution in [-0.2, 0) is 6.54 Å². The Morgan fingerprint density at radius 3 is 2.93 bits per heavy atom. The molecule has 2 aromatic rings. The molecule has 1 unspecified atom stereocenters. The molecule has 0 aliphatic heterocycles. The molecule has 1 heterocycles. The van der Waals surface area contributed by atoms with Gasteiger partial charge in [0.25, 0.3) is 0 Å². The zero-order valence-corrected chi connectivity index (χ0v) is 8.87. The van der Waals surface area contributed by atoms with Gasteiger partial charge in [0.1, 0.15) is 11.3 Å². The molecule has 0 saturated heterocycles. The Bertz CT molecular complexity index is 488. The maximum absolute atomic E-state index is 13.6. The van der Waals surface area contributed by atoms with Crippen LogP contribution in [0.2, 0.25) is 0 Å². The Morgan fingerprint density at radius 2 is 2.27 bits per heavy atom. The summed E-state index contributed by atoms with van der Waals surface area (Å²) in [5, 5.41) is 5.14. The number of hydrogen-bond donors (Lipinski definition) is 1. The molecule has 0 saturated carbocycles. The summed E-state index contributed by atoms with van der Waals surface area (Å²) < 4.78 is 15.3. The molecule has 1 aromatic heterocycles. The van der Waals surface area contributed by atoms with Gasteiger partial charge in [0.05, 0.1) is 12.2 Å². The highest BCUT2D eigenvalue weighted by molar-refractivity contribution is 5.82. The van der Waals surface area contributed by atoms with Crippen molar-refractivity contribution in [3.8, 4) is 0 Å². The lowest BCUT2D eigenvalue weighted by atomic mass is 10.2. The molecule has 0 fully saturated rings. The van der Waals surface area contributed by atoms with Crippen molar-refractivity contribution in [2.24, 2.45) is 5.73 Å². The van der Waals surface area contributed by atoms with Crippen LogP contribution in [-0.4, -0.2) is 15.8 Å². The number of aromatic nitrogens is 2. The molecule has 0 bridgehead atoms. The molecule has 0 amide bonds. The summed E-state index contributed by atoms with van der Waals surface area (Å²) in [7, 11) is 0. The van der Waals surface area contributed by atoms with Crippen molar-refractivity contribution in [1.29, 1.82) is 0 Å². The van der Waals surface area contributed by atoms with Crippen molar-refractivity contribution < 1.29 is 4.39 Å². The maximum Gasteiger partial charge on any atom is 0.149 e. The van der Waals surface area contributed by atoms with Gasteiger partial charge in [-0.05, 0) is 19.9 Å². The second-order valence-corrected chi connectivity index (χ2v) is 3.88. The fourth-order valence-electron chi connectivity index (χ4n) is 1.76. The number of aryl methyl sites for hydroxylation is 1. The van der Waals surface area contributed by atoms with E-state index in [4.69, 9.17) is 5.73 Å². The first-order valence-electron chi connectivity index (χ1n) is 4.97. The molecule has 2 rings (SSSR count). The summed E-state index contributed by atoms with van der Waals surface area (Å²) in [6.45, 7) is 4.29. The van der Waals surface area contributed by atoms with Crippen LogP contribution >= 0.6 is 0 Å². The normalized spacial score (nSPS) is 13.3. The van der Waals surface area contributed by atoms with Crippen LogP contribution in [0.15, 0.2) is 18.2 Å². The topological polar surface area (TPSA) is 43.8 Å². The van der Waals surface area contributed by atoms with Gasteiger partial charge in [0.2, 0.25) is 0 Å². The molecule has 0 radical (unpaired) electrons. The van der Waals surface area contributed by atoms with E-state index < -0.39 is 0 Å².